The molecular formula is C6H11N2O3S-. The second kappa shape index (κ2) is 2.95. The highest BCUT2D eigenvalue weighted by atomic mass is 32.2. The van der Waals surface area contributed by atoms with E-state index in [1.54, 1.807) is 12.4 Å². The number of nitrogens with zero attached hydrogens (tertiary/aromatic N) is 2. The molecule has 1 atom stereocenters. The molecule has 6 heteroatoms. The Kier molecular flexibility index (Phi) is 2.29. The zero-order valence-electron chi connectivity index (χ0n) is 6.97. The molecule has 1 unspecified atom stereocenters. The maximum atomic E-state index is 10.4. The van der Waals surface area contributed by atoms with Crippen LogP contribution in [-0.2, 0) is 10.1 Å². The van der Waals surface area contributed by atoms with E-state index in [4.69, 9.17) is 0 Å². The van der Waals surface area contributed by atoms with Crippen LogP contribution < -0.4 is 0 Å². The average molecular weight is 191 g/mol. The van der Waals surface area contributed by atoms with Crippen LogP contribution in [0, 0.1) is 0 Å². The average Bonchev–Trinajstić information content (AvgIpc) is 2.16. The summed E-state index contributed by atoms with van der Waals surface area (Å²) in [5, 5.41) is 0. The van der Waals surface area contributed by atoms with Gasteiger partial charge in [-0.2, -0.15) is 0 Å². The lowest BCUT2D eigenvalue weighted by Crippen LogP contribution is -2.36. The Morgan fingerprint density at radius 2 is 2.08 bits per heavy atom. The van der Waals surface area contributed by atoms with Gasteiger partial charge in [-0.15, -0.1) is 0 Å². The standard InChI is InChI=1S/C6H12N2O3S/c1-6-7(2)3-4-8(6)5-12(9,10)11/h3-4,6H,5H2,1-2H3,(H,9,10,11)/p-1. The fourth-order valence-electron chi connectivity index (χ4n) is 1.01. The summed E-state index contributed by atoms with van der Waals surface area (Å²) < 4.78 is 31.2. The van der Waals surface area contributed by atoms with Crippen molar-refractivity contribution in [2.75, 3.05) is 12.9 Å². The van der Waals surface area contributed by atoms with Gasteiger partial charge < -0.3 is 14.4 Å². The second-order valence-corrected chi connectivity index (χ2v) is 4.17. The summed E-state index contributed by atoms with van der Waals surface area (Å²) in [5.41, 5.74) is 0. The van der Waals surface area contributed by atoms with E-state index in [1.165, 1.54) is 4.90 Å². The van der Waals surface area contributed by atoms with Crippen LogP contribution in [0.4, 0.5) is 0 Å². The molecule has 12 heavy (non-hydrogen) atoms. The highest BCUT2D eigenvalue weighted by Crippen LogP contribution is 2.13. The van der Waals surface area contributed by atoms with E-state index in [0.29, 0.717) is 0 Å². The number of hydrogen-bond donors (Lipinski definition) is 0. The fraction of sp³-hybridized carbons (Fsp3) is 0.667. The van der Waals surface area contributed by atoms with Gasteiger partial charge in [0, 0.05) is 19.4 Å². The third kappa shape index (κ3) is 2.12. The van der Waals surface area contributed by atoms with Crippen LogP contribution in [0.3, 0.4) is 0 Å². The summed E-state index contributed by atoms with van der Waals surface area (Å²) in [6, 6.07) is 0. The minimum atomic E-state index is -4.17. The normalized spacial score (nSPS) is 23.8. The molecule has 1 aliphatic rings. The minimum Gasteiger partial charge on any atom is -0.747 e. The summed E-state index contributed by atoms with van der Waals surface area (Å²) in [6.45, 7) is 1.82. The summed E-state index contributed by atoms with van der Waals surface area (Å²) in [7, 11) is -2.35. The third-order valence-corrected chi connectivity index (χ3v) is 2.48. The molecular weight excluding hydrogens is 180 g/mol. The lowest BCUT2D eigenvalue weighted by Gasteiger charge is -2.27. The highest BCUT2D eigenvalue weighted by molar-refractivity contribution is 7.85. The molecule has 0 aromatic carbocycles. The van der Waals surface area contributed by atoms with Gasteiger partial charge in [-0.05, 0) is 6.92 Å². The van der Waals surface area contributed by atoms with E-state index < -0.39 is 16.0 Å². The van der Waals surface area contributed by atoms with Gasteiger partial charge in [-0.1, -0.05) is 0 Å². The maximum Gasteiger partial charge on any atom is 0.113 e. The highest BCUT2D eigenvalue weighted by Gasteiger charge is 2.19. The smallest absolute Gasteiger partial charge is 0.113 e. The lowest BCUT2D eigenvalue weighted by molar-refractivity contribution is 0.212. The fourth-order valence-corrected chi connectivity index (χ4v) is 1.67. The van der Waals surface area contributed by atoms with E-state index in [1.807, 2.05) is 18.9 Å². The Bertz CT molecular complexity index is 285. The van der Waals surface area contributed by atoms with Crippen LogP contribution >= 0.6 is 0 Å². The zero-order chi connectivity index (χ0) is 9.35. The molecule has 0 saturated carbocycles. The van der Waals surface area contributed by atoms with Crippen molar-refractivity contribution in [3.8, 4) is 0 Å². The van der Waals surface area contributed by atoms with Gasteiger partial charge >= 0.3 is 0 Å². The van der Waals surface area contributed by atoms with Crippen molar-refractivity contribution in [1.29, 1.82) is 0 Å². The van der Waals surface area contributed by atoms with Crippen LogP contribution in [0.2, 0.25) is 0 Å². The maximum absolute atomic E-state index is 10.4. The molecule has 1 heterocycles. The van der Waals surface area contributed by atoms with E-state index in [0.717, 1.165) is 0 Å². The number of rotatable bonds is 2. The quantitative estimate of drug-likeness (QED) is 0.553. The zero-order valence-corrected chi connectivity index (χ0v) is 7.78. The molecule has 0 N–H and O–H groups in total. The third-order valence-electron chi connectivity index (χ3n) is 1.87. The van der Waals surface area contributed by atoms with Crippen molar-refractivity contribution in [3.05, 3.63) is 12.4 Å². The SMILES string of the molecule is CC1N(C)C=CN1CS(=O)(=O)[O-]. The summed E-state index contributed by atoms with van der Waals surface area (Å²) in [4.78, 5) is 3.30. The van der Waals surface area contributed by atoms with Crippen LogP contribution in [0.1, 0.15) is 6.92 Å². The first-order chi connectivity index (χ1) is 5.40. The molecule has 0 aromatic heterocycles. The molecule has 70 valence electrons. The van der Waals surface area contributed by atoms with Crippen molar-refractivity contribution < 1.29 is 13.0 Å². The van der Waals surface area contributed by atoms with Gasteiger partial charge in [0.1, 0.15) is 16.0 Å². The molecule has 1 rings (SSSR count). The Labute approximate surface area is 72.0 Å². The van der Waals surface area contributed by atoms with Gasteiger partial charge in [0.2, 0.25) is 0 Å². The first kappa shape index (κ1) is 9.34. The lowest BCUT2D eigenvalue weighted by atomic mass is 10.5. The van der Waals surface area contributed by atoms with E-state index in [-0.39, 0.29) is 6.17 Å². The predicted molar refractivity (Wildman–Crippen MR) is 42.8 cm³/mol. The van der Waals surface area contributed by atoms with Gasteiger partial charge in [0.15, 0.2) is 0 Å². The van der Waals surface area contributed by atoms with Crippen molar-refractivity contribution >= 4 is 10.1 Å². The van der Waals surface area contributed by atoms with Crippen molar-refractivity contribution in [2.45, 2.75) is 13.1 Å². The summed E-state index contributed by atoms with van der Waals surface area (Å²) >= 11 is 0. The molecule has 0 spiro atoms. The van der Waals surface area contributed by atoms with Crippen LogP contribution in [0.15, 0.2) is 12.4 Å². The van der Waals surface area contributed by atoms with Gasteiger partial charge in [0.05, 0.1) is 6.17 Å². The Balaban J connectivity index is 2.63. The number of hydrogen-bond acceptors (Lipinski definition) is 5. The molecule has 5 nitrogen and oxygen atoms in total. The van der Waals surface area contributed by atoms with Crippen LogP contribution in [0.25, 0.3) is 0 Å². The monoisotopic (exact) mass is 191 g/mol. The van der Waals surface area contributed by atoms with E-state index >= 15 is 0 Å². The van der Waals surface area contributed by atoms with Gasteiger partial charge in [0.25, 0.3) is 0 Å². The molecule has 0 aliphatic carbocycles. The Hall–Kier alpha value is -0.750. The van der Waals surface area contributed by atoms with E-state index in [9.17, 15) is 13.0 Å². The molecule has 0 fully saturated rings. The van der Waals surface area contributed by atoms with Crippen molar-refractivity contribution in [1.82, 2.24) is 9.80 Å². The molecule has 0 radical (unpaired) electrons. The largest absolute Gasteiger partial charge is 0.747 e. The van der Waals surface area contributed by atoms with E-state index in [2.05, 4.69) is 0 Å². The summed E-state index contributed by atoms with van der Waals surface area (Å²) in [5.74, 6) is -0.463. The first-order valence-electron chi connectivity index (χ1n) is 3.50. The Morgan fingerprint density at radius 1 is 1.50 bits per heavy atom. The van der Waals surface area contributed by atoms with Crippen LogP contribution in [-0.4, -0.2) is 41.9 Å². The molecule has 0 bridgehead atoms. The van der Waals surface area contributed by atoms with Gasteiger partial charge in [-0.3, -0.25) is 0 Å². The molecule has 0 aromatic rings. The molecule has 0 amide bonds. The second-order valence-electron chi connectivity index (χ2n) is 2.80. The first-order valence-corrected chi connectivity index (χ1v) is 5.07. The van der Waals surface area contributed by atoms with Gasteiger partial charge in [-0.25, -0.2) is 8.42 Å². The predicted octanol–water partition coefficient (Wildman–Crippen LogP) is -0.446. The minimum absolute atomic E-state index is 0.0614. The topological polar surface area (TPSA) is 63.7 Å². The molecule has 1 aliphatic heterocycles. The molecule has 0 saturated heterocycles. The Morgan fingerprint density at radius 3 is 2.42 bits per heavy atom. The van der Waals surface area contributed by atoms with Crippen molar-refractivity contribution in [3.63, 3.8) is 0 Å². The summed E-state index contributed by atoms with van der Waals surface area (Å²) in [6.07, 6.45) is 3.27. The van der Waals surface area contributed by atoms with Crippen LogP contribution in [0.5, 0.6) is 0 Å². The van der Waals surface area contributed by atoms with Crippen molar-refractivity contribution in [2.24, 2.45) is 0 Å².